The van der Waals surface area contributed by atoms with Gasteiger partial charge in [-0.15, -0.1) is 0 Å². The number of hydrogen-bond acceptors (Lipinski definition) is 7. The molecule has 1 aromatic heterocycles. The fraction of sp³-hybridized carbons (Fsp3) is 0.308. The molecule has 4 amide bonds. The number of carbonyl (C=O) groups is 3. The number of imide groups is 2. The molecule has 0 unspecified atom stereocenters. The van der Waals surface area contributed by atoms with Gasteiger partial charge in [0.2, 0.25) is 17.7 Å². The highest BCUT2D eigenvalue weighted by atomic mass is 16.5. The molecule has 1 spiro atoms. The molecular formula is C26H24N4O5. The number of nitrogens with one attached hydrogen (secondary N) is 2. The summed E-state index contributed by atoms with van der Waals surface area (Å²) < 4.78 is 12.1. The van der Waals surface area contributed by atoms with Gasteiger partial charge in [-0.3, -0.25) is 20.2 Å². The van der Waals surface area contributed by atoms with Crippen LogP contribution < -0.4 is 15.5 Å². The van der Waals surface area contributed by atoms with E-state index in [0.29, 0.717) is 18.2 Å². The minimum Gasteiger partial charge on any atom is -0.436 e. The second-order valence-corrected chi connectivity index (χ2v) is 9.37. The Morgan fingerprint density at radius 1 is 1.00 bits per heavy atom. The Bertz CT molecular complexity index is 1330. The summed E-state index contributed by atoms with van der Waals surface area (Å²) in [7, 11) is 0. The van der Waals surface area contributed by atoms with Crippen molar-refractivity contribution in [3.8, 4) is 22.8 Å². The number of carbonyl (C=O) groups excluding carboxylic acids is 3. The van der Waals surface area contributed by atoms with Crippen molar-refractivity contribution >= 4 is 23.5 Å². The second-order valence-electron chi connectivity index (χ2n) is 9.37. The molecule has 35 heavy (non-hydrogen) atoms. The molecule has 9 heteroatoms. The van der Waals surface area contributed by atoms with Crippen molar-refractivity contribution in [1.82, 2.24) is 15.6 Å². The number of morpholine rings is 1. The zero-order chi connectivity index (χ0) is 24.3. The molecule has 178 valence electrons. The van der Waals surface area contributed by atoms with Crippen LogP contribution in [0.4, 0.5) is 10.5 Å². The molecule has 2 saturated heterocycles. The number of urea groups is 1. The summed E-state index contributed by atoms with van der Waals surface area (Å²) in [5.74, 6) is -0.115. The van der Waals surface area contributed by atoms with Gasteiger partial charge in [0.25, 0.3) is 0 Å². The van der Waals surface area contributed by atoms with Gasteiger partial charge in [0, 0.05) is 23.4 Å². The first kappa shape index (κ1) is 21.5. The molecule has 0 saturated carbocycles. The number of oxazole rings is 1. The maximum absolute atomic E-state index is 13.3. The molecule has 6 rings (SSSR count). The number of nitrogens with zero attached hydrogens (tertiary/aromatic N) is 2. The molecule has 0 radical (unpaired) electrons. The van der Waals surface area contributed by atoms with E-state index in [2.05, 4.69) is 20.5 Å². The van der Waals surface area contributed by atoms with Crippen molar-refractivity contribution in [2.24, 2.45) is 5.41 Å². The molecule has 2 aromatic carbocycles. The fourth-order valence-corrected chi connectivity index (χ4v) is 5.72. The first-order chi connectivity index (χ1) is 16.9. The maximum Gasteiger partial charge on any atom is 0.328 e. The number of fused-ring (bicyclic) bond motifs is 4. The third-order valence-corrected chi connectivity index (χ3v) is 7.12. The van der Waals surface area contributed by atoms with Gasteiger partial charge in [-0.25, -0.2) is 9.78 Å². The minimum absolute atomic E-state index is 0.0945. The van der Waals surface area contributed by atoms with Gasteiger partial charge in [-0.1, -0.05) is 18.2 Å². The first-order valence-electron chi connectivity index (χ1n) is 11.6. The lowest BCUT2D eigenvalue weighted by Gasteiger charge is -2.55. The fourth-order valence-electron chi connectivity index (χ4n) is 5.72. The smallest absolute Gasteiger partial charge is 0.328 e. The zero-order valence-corrected chi connectivity index (χ0v) is 19.3. The highest BCUT2D eigenvalue weighted by Gasteiger charge is 2.62. The number of anilines is 1. The molecular weight excluding hydrogens is 448 g/mol. The third-order valence-electron chi connectivity index (χ3n) is 7.12. The third kappa shape index (κ3) is 3.26. The average molecular weight is 473 g/mol. The zero-order valence-electron chi connectivity index (χ0n) is 19.3. The van der Waals surface area contributed by atoms with Crippen LogP contribution in [0.1, 0.15) is 19.4 Å². The van der Waals surface area contributed by atoms with Crippen molar-refractivity contribution in [2.45, 2.75) is 38.5 Å². The van der Waals surface area contributed by atoms with Gasteiger partial charge in [-0.05, 0) is 56.2 Å². The van der Waals surface area contributed by atoms with Crippen LogP contribution in [-0.4, -0.2) is 47.6 Å². The van der Waals surface area contributed by atoms with E-state index < -0.39 is 35.4 Å². The Hall–Kier alpha value is -3.98. The lowest BCUT2D eigenvalue weighted by molar-refractivity contribution is -0.153. The van der Waals surface area contributed by atoms with E-state index in [9.17, 15) is 14.4 Å². The van der Waals surface area contributed by atoms with Gasteiger partial charge in [0.1, 0.15) is 0 Å². The van der Waals surface area contributed by atoms with Gasteiger partial charge in [0.15, 0.2) is 11.2 Å². The minimum atomic E-state index is -1.50. The standard InChI is InChI=1S/C26H24N4O5/c1-14-13-30-19-9-8-17(20-12-27-22(35-20)16-6-4-3-5-7-16)10-18(19)11-26(21(30)15(2)34-14)23(31)28-25(33)29-24(26)32/h3-10,12,14-15,21H,11,13H2,1-2H3,(H2,28,29,31,32,33)/t14-,15+,21-/m1/s1. The van der Waals surface area contributed by atoms with Gasteiger partial charge in [0.05, 0.1) is 24.4 Å². The molecule has 3 aliphatic rings. The quantitative estimate of drug-likeness (QED) is 0.551. The number of hydrogen-bond donors (Lipinski definition) is 2. The van der Waals surface area contributed by atoms with Gasteiger partial charge < -0.3 is 14.1 Å². The van der Waals surface area contributed by atoms with Crippen LogP contribution >= 0.6 is 0 Å². The first-order valence-corrected chi connectivity index (χ1v) is 11.6. The molecule has 0 bridgehead atoms. The highest BCUT2D eigenvalue weighted by Crippen LogP contribution is 2.47. The average Bonchev–Trinajstić information content (AvgIpc) is 3.33. The van der Waals surface area contributed by atoms with Crippen LogP contribution in [0.3, 0.4) is 0 Å². The van der Waals surface area contributed by atoms with Gasteiger partial charge >= 0.3 is 6.03 Å². The topological polar surface area (TPSA) is 114 Å². The van der Waals surface area contributed by atoms with E-state index in [1.54, 1.807) is 6.20 Å². The number of aromatic nitrogens is 1. The summed E-state index contributed by atoms with van der Waals surface area (Å²) in [5, 5.41) is 4.63. The number of amides is 4. The van der Waals surface area contributed by atoms with Crippen molar-refractivity contribution in [1.29, 1.82) is 0 Å². The van der Waals surface area contributed by atoms with Gasteiger partial charge in [-0.2, -0.15) is 0 Å². The predicted molar refractivity (Wildman–Crippen MR) is 126 cm³/mol. The molecule has 4 heterocycles. The van der Waals surface area contributed by atoms with E-state index in [0.717, 1.165) is 22.4 Å². The van der Waals surface area contributed by atoms with Crippen LogP contribution in [0.2, 0.25) is 0 Å². The van der Waals surface area contributed by atoms with Crippen LogP contribution in [0, 0.1) is 5.41 Å². The van der Waals surface area contributed by atoms with Crippen molar-refractivity contribution in [3.63, 3.8) is 0 Å². The van der Waals surface area contributed by atoms with E-state index in [4.69, 9.17) is 9.15 Å². The van der Waals surface area contributed by atoms with Crippen molar-refractivity contribution in [3.05, 3.63) is 60.3 Å². The predicted octanol–water partition coefficient (Wildman–Crippen LogP) is 2.90. The maximum atomic E-state index is 13.3. The second kappa shape index (κ2) is 7.78. The summed E-state index contributed by atoms with van der Waals surface area (Å²) in [6.45, 7) is 4.34. The summed E-state index contributed by atoms with van der Waals surface area (Å²) in [4.78, 5) is 45.0. The largest absolute Gasteiger partial charge is 0.436 e. The Balaban J connectivity index is 1.45. The molecule has 3 atom stereocenters. The number of ether oxygens (including phenoxy) is 1. The van der Waals surface area contributed by atoms with E-state index in [1.807, 2.05) is 62.4 Å². The van der Waals surface area contributed by atoms with Crippen LogP contribution in [-0.2, 0) is 20.7 Å². The monoisotopic (exact) mass is 472 g/mol. The number of benzene rings is 2. The molecule has 2 fully saturated rings. The highest BCUT2D eigenvalue weighted by molar-refractivity contribution is 6.20. The van der Waals surface area contributed by atoms with Crippen LogP contribution in [0.25, 0.3) is 22.8 Å². The Morgan fingerprint density at radius 3 is 2.49 bits per heavy atom. The molecule has 3 aliphatic heterocycles. The summed E-state index contributed by atoms with van der Waals surface area (Å²) >= 11 is 0. The SMILES string of the molecule is C[C@@H]1CN2c3ccc(-c4cnc(-c5ccccc5)o4)cc3CC3(C(=O)NC(=O)NC3=O)[C@H]2[C@H](C)O1. The number of barbiturate groups is 1. The van der Waals surface area contributed by atoms with E-state index in [-0.39, 0.29) is 12.5 Å². The van der Waals surface area contributed by atoms with Crippen molar-refractivity contribution < 1.29 is 23.5 Å². The molecule has 0 aliphatic carbocycles. The van der Waals surface area contributed by atoms with E-state index in [1.165, 1.54) is 0 Å². The normalized spacial score (nSPS) is 25.0. The molecule has 2 N–H and O–H groups in total. The number of rotatable bonds is 2. The van der Waals surface area contributed by atoms with Crippen molar-refractivity contribution in [2.75, 3.05) is 11.4 Å². The molecule has 3 aromatic rings. The lowest BCUT2D eigenvalue weighted by atomic mass is 9.66. The summed E-state index contributed by atoms with van der Waals surface area (Å²) in [6.07, 6.45) is 1.30. The Morgan fingerprint density at radius 2 is 1.74 bits per heavy atom. The van der Waals surface area contributed by atoms with Crippen LogP contribution in [0.15, 0.2) is 59.1 Å². The van der Waals surface area contributed by atoms with E-state index >= 15 is 0 Å². The summed E-state index contributed by atoms with van der Waals surface area (Å²) in [5.41, 5.74) is 1.91. The Kier molecular flexibility index (Phi) is 4.79. The molecule has 9 nitrogen and oxygen atoms in total. The lowest BCUT2D eigenvalue weighted by Crippen LogP contribution is -2.75. The van der Waals surface area contributed by atoms with Crippen LogP contribution in [0.5, 0.6) is 0 Å². The Labute approximate surface area is 201 Å². The summed E-state index contributed by atoms with van der Waals surface area (Å²) in [6, 6.07) is 14.1.